The van der Waals surface area contributed by atoms with E-state index < -0.39 is 0 Å². The molecule has 1 aliphatic rings. The molecule has 0 aromatic heterocycles. The zero-order valence-corrected chi connectivity index (χ0v) is 20.9. The Morgan fingerprint density at radius 2 is 1.03 bits per heavy atom. The van der Waals surface area contributed by atoms with Gasteiger partial charge >= 0.3 is 0 Å². The number of hydrogen-bond donors (Lipinski definition) is 1. The molecular formula is C26H54ClNO. The molecule has 0 spiro atoms. The fourth-order valence-corrected chi connectivity index (χ4v) is 5.25. The van der Waals surface area contributed by atoms with Crippen molar-refractivity contribution in [3.63, 3.8) is 0 Å². The van der Waals surface area contributed by atoms with Gasteiger partial charge in [0.25, 0.3) is 0 Å². The zero-order chi connectivity index (χ0) is 20.3. The fourth-order valence-electron chi connectivity index (χ4n) is 5.25. The molecule has 1 rings (SSSR count). The first kappa shape index (κ1) is 29.2. The van der Waals surface area contributed by atoms with Gasteiger partial charge in [0, 0.05) is 0 Å². The van der Waals surface area contributed by atoms with E-state index in [1.54, 1.807) is 0 Å². The Morgan fingerprint density at radius 1 is 0.621 bits per heavy atom. The van der Waals surface area contributed by atoms with Gasteiger partial charge in [0.15, 0.2) is 0 Å². The molecule has 0 aromatic carbocycles. The summed E-state index contributed by atoms with van der Waals surface area (Å²) in [5.41, 5.74) is 0. The van der Waals surface area contributed by atoms with Gasteiger partial charge in [-0.05, 0) is 38.5 Å². The second-order valence-corrected chi connectivity index (χ2v) is 9.89. The summed E-state index contributed by atoms with van der Waals surface area (Å²) in [5, 5.41) is 9.54. The van der Waals surface area contributed by atoms with Gasteiger partial charge in [-0.3, -0.25) is 0 Å². The van der Waals surface area contributed by atoms with Crippen molar-refractivity contribution in [3.05, 3.63) is 0 Å². The Hall–Kier alpha value is 0.210. The van der Waals surface area contributed by atoms with E-state index in [9.17, 15) is 5.11 Å². The minimum absolute atomic E-state index is 0. The SMILES string of the molecule is CCCCCCCCCCCCCCCCC[N+](C)(CCO)C1CCCCC1.[Cl-]. The maximum Gasteiger partial charge on any atom is 0.102 e. The van der Waals surface area contributed by atoms with Crippen LogP contribution >= 0.6 is 0 Å². The van der Waals surface area contributed by atoms with E-state index in [4.69, 9.17) is 0 Å². The third-order valence-corrected chi connectivity index (χ3v) is 7.34. The van der Waals surface area contributed by atoms with Crippen LogP contribution in [0.15, 0.2) is 0 Å². The third kappa shape index (κ3) is 14.8. The summed E-state index contributed by atoms with van der Waals surface area (Å²) in [5.74, 6) is 0. The molecule has 1 aliphatic carbocycles. The molecule has 176 valence electrons. The van der Waals surface area contributed by atoms with Crippen LogP contribution in [0.25, 0.3) is 0 Å². The average Bonchev–Trinajstić information content (AvgIpc) is 2.72. The van der Waals surface area contributed by atoms with Gasteiger partial charge in [-0.25, -0.2) is 0 Å². The number of rotatable bonds is 19. The van der Waals surface area contributed by atoms with E-state index in [0.717, 1.165) is 17.1 Å². The van der Waals surface area contributed by atoms with Gasteiger partial charge in [0.2, 0.25) is 0 Å². The van der Waals surface area contributed by atoms with E-state index in [2.05, 4.69) is 14.0 Å². The Morgan fingerprint density at radius 3 is 1.45 bits per heavy atom. The average molecular weight is 432 g/mol. The smallest absolute Gasteiger partial charge is 0.102 e. The van der Waals surface area contributed by atoms with E-state index in [1.807, 2.05) is 0 Å². The molecule has 1 saturated carbocycles. The summed E-state index contributed by atoms with van der Waals surface area (Å²) in [4.78, 5) is 0. The third-order valence-electron chi connectivity index (χ3n) is 7.34. The molecule has 0 amide bonds. The predicted octanol–water partition coefficient (Wildman–Crippen LogP) is 4.63. The van der Waals surface area contributed by atoms with Crippen LogP contribution in [0.5, 0.6) is 0 Å². The van der Waals surface area contributed by atoms with Gasteiger partial charge in [-0.2, -0.15) is 0 Å². The quantitative estimate of drug-likeness (QED) is 0.233. The molecule has 0 heterocycles. The number of likely N-dealkylation sites (N-methyl/N-ethyl adjacent to an activating group) is 1. The summed E-state index contributed by atoms with van der Waals surface area (Å²) in [6.07, 6.45) is 28.5. The van der Waals surface area contributed by atoms with Crippen LogP contribution in [0.4, 0.5) is 0 Å². The van der Waals surface area contributed by atoms with E-state index in [-0.39, 0.29) is 12.4 Å². The zero-order valence-electron chi connectivity index (χ0n) is 20.1. The largest absolute Gasteiger partial charge is 1.00 e. The van der Waals surface area contributed by atoms with Gasteiger partial charge in [0.1, 0.15) is 6.54 Å². The highest BCUT2D eigenvalue weighted by molar-refractivity contribution is 4.67. The van der Waals surface area contributed by atoms with Crippen molar-refractivity contribution < 1.29 is 22.0 Å². The molecule has 0 saturated heterocycles. The van der Waals surface area contributed by atoms with Crippen molar-refractivity contribution in [2.45, 2.75) is 141 Å². The molecule has 1 unspecified atom stereocenters. The van der Waals surface area contributed by atoms with E-state index >= 15 is 0 Å². The van der Waals surface area contributed by atoms with Crippen LogP contribution in [-0.4, -0.2) is 42.4 Å². The lowest BCUT2D eigenvalue weighted by atomic mass is 9.92. The minimum atomic E-state index is 0. The summed E-state index contributed by atoms with van der Waals surface area (Å²) < 4.78 is 1.13. The molecule has 0 aliphatic heterocycles. The highest BCUT2D eigenvalue weighted by Crippen LogP contribution is 2.27. The van der Waals surface area contributed by atoms with Gasteiger partial charge < -0.3 is 22.0 Å². The molecule has 3 heteroatoms. The van der Waals surface area contributed by atoms with Crippen LogP contribution in [0.1, 0.15) is 135 Å². The molecule has 0 radical (unpaired) electrons. The number of hydrogen-bond acceptors (Lipinski definition) is 1. The second-order valence-electron chi connectivity index (χ2n) is 9.89. The van der Waals surface area contributed by atoms with Crippen molar-refractivity contribution in [1.29, 1.82) is 0 Å². The van der Waals surface area contributed by atoms with E-state index in [0.29, 0.717) is 6.61 Å². The number of halogens is 1. The van der Waals surface area contributed by atoms with Gasteiger partial charge in [0.05, 0.1) is 26.2 Å². The molecule has 1 N–H and O–H groups in total. The van der Waals surface area contributed by atoms with Crippen molar-refractivity contribution >= 4 is 0 Å². The van der Waals surface area contributed by atoms with E-state index in [1.165, 1.54) is 135 Å². The first-order valence-corrected chi connectivity index (χ1v) is 13.2. The number of nitrogens with zero attached hydrogens (tertiary/aromatic N) is 1. The maximum absolute atomic E-state index is 9.54. The minimum Gasteiger partial charge on any atom is -1.00 e. The molecule has 0 aromatic rings. The van der Waals surface area contributed by atoms with Crippen LogP contribution in [0.2, 0.25) is 0 Å². The number of unbranched alkanes of at least 4 members (excludes halogenated alkanes) is 14. The standard InChI is InChI=1S/C26H54NO.ClH/c1-3-4-5-6-7-8-9-10-11-12-13-14-15-16-20-23-27(2,24-25-28)26-21-18-17-19-22-26;/h26,28H,3-25H2,1-2H3;1H/q+1;/p-1. The summed E-state index contributed by atoms with van der Waals surface area (Å²) in [6.45, 7) is 4.89. The van der Waals surface area contributed by atoms with Crippen LogP contribution in [0.3, 0.4) is 0 Å². The number of aliphatic hydroxyl groups excluding tert-OH is 1. The Bertz CT molecular complexity index is 333. The highest BCUT2D eigenvalue weighted by Gasteiger charge is 2.32. The summed E-state index contributed by atoms with van der Waals surface area (Å²) in [6, 6.07) is 0.813. The molecule has 29 heavy (non-hydrogen) atoms. The monoisotopic (exact) mass is 431 g/mol. The lowest BCUT2D eigenvalue weighted by molar-refractivity contribution is -0.935. The number of aliphatic hydroxyl groups is 1. The fraction of sp³-hybridized carbons (Fsp3) is 1.00. The van der Waals surface area contributed by atoms with Crippen molar-refractivity contribution in [1.82, 2.24) is 0 Å². The molecule has 1 fully saturated rings. The van der Waals surface area contributed by atoms with Crippen molar-refractivity contribution in [2.75, 3.05) is 26.7 Å². The summed E-state index contributed by atoms with van der Waals surface area (Å²) in [7, 11) is 2.41. The molecule has 1 atom stereocenters. The summed E-state index contributed by atoms with van der Waals surface area (Å²) >= 11 is 0. The van der Waals surface area contributed by atoms with Crippen molar-refractivity contribution in [2.24, 2.45) is 0 Å². The molecule has 0 bridgehead atoms. The first-order chi connectivity index (χ1) is 13.7. The van der Waals surface area contributed by atoms with Crippen molar-refractivity contribution in [3.8, 4) is 0 Å². The lowest BCUT2D eigenvalue weighted by Gasteiger charge is -2.43. The van der Waals surface area contributed by atoms with Gasteiger partial charge in [-0.15, -0.1) is 0 Å². The van der Waals surface area contributed by atoms with Crippen LogP contribution < -0.4 is 12.4 Å². The highest BCUT2D eigenvalue weighted by atomic mass is 35.5. The Balaban J connectivity index is 0.00000784. The Kier molecular flexibility index (Phi) is 20.3. The van der Waals surface area contributed by atoms with Crippen LogP contribution in [0, 0.1) is 0 Å². The maximum atomic E-state index is 9.54. The molecular weight excluding hydrogens is 378 g/mol. The topological polar surface area (TPSA) is 20.2 Å². The lowest BCUT2D eigenvalue weighted by Crippen LogP contribution is -3.00. The first-order valence-electron chi connectivity index (χ1n) is 13.2. The Labute approximate surface area is 190 Å². The molecule has 2 nitrogen and oxygen atoms in total. The normalized spacial score (nSPS) is 17.1. The van der Waals surface area contributed by atoms with Crippen LogP contribution in [-0.2, 0) is 0 Å². The number of quaternary nitrogens is 1. The van der Waals surface area contributed by atoms with Gasteiger partial charge in [-0.1, -0.05) is 96.8 Å². The second kappa shape index (κ2) is 20.1. The predicted molar refractivity (Wildman–Crippen MR) is 125 cm³/mol.